The summed E-state index contributed by atoms with van der Waals surface area (Å²) < 4.78 is 0. The van der Waals surface area contributed by atoms with E-state index in [1.807, 2.05) is 75.4 Å². The number of aromatic nitrogens is 2. The van der Waals surface area contributed by atoms with Crippen molar-refractivity contribution in [1.29, 1.82) is 0 Å². The van der Waals surface area contributed by atoms with Crippen molar-refractivity contribution in [3.63, 3.8) is 0 Å². The number of aromatic amines is 1. The van der Waals surface area contributed by atoms with Gasteiger partial charge in [-0.2, -0.15) is 0 Å². The zero-order chi connectivity index (χ0) is 22.0. The van der Waals surface area contributed by atoms with Crippen LogP contribution in [0.3, 0.4) is 0 Å². The molecule has 0 spiro atoms. The van der Waals surface area contributed by atoms with Gasteiger partial charge in [0.25, 0.3) is 5.91 Å². The lowest BCUT2D eigenvalue weighted by molar-refractivity contribution is -0.124. The van der Waals surface area contributed by atoms with Gasteiger partial charge in [0.15, 0.2) is 0 Å². The summed E-state index contributed by atoms with van der Waals surface area (Å²) in [5, 5.41) is 7.84. The summed E-state index contributed by atoms with van der Waals surface area (Å²) in [6.45, 7) is 5.75. The molecule has 0 aliphatic carbocycles. The van der Waals surface area contributed by atoms with Gasteiger partial charge >= 0.3 is 0 Å². The Kier molecular flexibility index (Phi) is 5.71. The standard InChI is InChI=1S/C25H26N4O2/c1-15(2)23(25(31)27-16(3)17-9-5-4-6-10-17)29-24(30)21-13-19-18-11-7-8-12-20(18)28-22(19)14-26-21/h4-16,23,28H,1-3H3,(H,27,31)(H,29,30). The molecule has 4 aromatic rings. The summed E-state index contributed by atoms with van der Waals surface area (Å²) in [4.78, 5) is 33.5. The molecule has 0 saturated carbocycles. The number of amides is 2. The van der Waals surface area contributed by atoms with Crippen LogP contribution in [0.2, 0.25) is 0 Å². The SMILES string of the molecule is CC(NC(=O)C(NC(=O)c1cc2c(cn1)[nH]c1ccccc12)C(C)C)c1ccccc1. The monoisotopic (exact) mass is 414 g/mol. The molecule has 2 unspecified atom stereocenters. The lowest BCUT2D eigenvalue weighted by atomic mass is 10.0. The average Bonchev–Trinajstić information content (AvgIpc) is 3.15. The van der Waals surface area contributed by atoms with Crippen LogP contribution in [0.1, 0.15) is 42.9 Å². The van der Waals surface area contributed by atoms with Gasteiger partial charge in [-0.1, -0.05) is 62.4 Å². The zero-order valence-corrected chi connectivity index (χ0v) is 17.8. The van der Waals surface area contributed by atoms with Crippen LogP contribution in [0, 0.1) is 5.92 Å². The molecule has 0 aliphatic rings. The molecule has 2 heterocycles. The second-order valence-corrected chi connectivity index (χ2v) is 8.12. The number of fused-ring (bicyclic) bond motifs is 3. The molecule has 2 amide bonds. The van der Waals surface area contributed by atoms with E-state index < -0.39 is 6.04 Å². The van der Waals surface area contributed by atoms with Crippen LogP contribution in [-0.4, -0.2) is 27.8 Å². The van der Waals surface area contributed by atoms with E-state index >= 15 is 0 Å². The molecular weight excluding hydrogens is 388 g/mol. The first-order valence-corrected chi connectivity index (χ1v) is 10.5. The highest BCUT2D eigenvalue weighted by Crippen LogP contribution is 2.25. The molecule has 4 rings (SSSR count). The maximum absolute atomic E-state index is 13.0. The Morgan fingerprint density at radius 3 is 2.32 bits per heavy atom. The fourth-order valence-electron chi connectivity index (χ4n) is 3.75. The van der Waals surface area contributed by atoms with Gasteiger partial charge in [0.2, 0.25) is 5.91 Å². The van der Waals surface area contributed by atoms with Crippen LogP contribution in [0.15, 0.2) is 66.9 Å². The van der Waals surface area contributed by atoms with Gasteiger partial charge in [-0.05, 0) is 30.5 Å². The third kappa shape index (κ3) is 4.28. The van der Waals surface area contributed by atoms with Crippen molar-refractivity contribution in [3.05, 3.63) is 78.1 Å². The molecule has 0 bridgehead atoms. The highest BCUT2D eigenvalue weighted by molar-refractivity contribution is 6.09. The van der Waals surface area contributed by atoms with Gasteiger partial charge < -0.3 is 15.6 Å². The molecule has 6 nitrogen and oxygen atoms in total. The number of hydrogen-bond acceptors (Lipinski definition) is 3. The number of para-hydroxylation sites is 1. The fourth-order valence-corrected chi connectivity index (χ4v) is 3.75. The quantitative estimate of drug-likeness (QED) is 0.438. The Balaban J connectivity index is 1.53. The molecule has 2 aromatic heterocycles. The fraction of sp³-hybridized carbons (Fsp3) is 0.240. The smallest absolute Gasteiger partial charge is 0.270 e. The molecule has 0 radical (unpaired) electrons. The van der Waals surface area contributed by atoms with E-state index in [0.29, 0.717) is 0 Å². The van der Waals surface area contributed by atoms with Gasteiger partial charge in [0, 0.05) is 16.3 Å². The third-order valence-electron chi connectivity index (χ3n) is 5.52. The van der Waals surface area contributed by atoms with Crippen molar-refractivity contribution in [2.75, 3.05) is 0 Å². The van der Waals surface area contributed by atoms with Gasteiger partial charge in [-0.15, -0.1) is 0 Å². The lowest BCUT2D eigenvalue weighted by Gasteiger charge is -2.24. The van der Waals surface area contributed by atoms with E-state index in [0.717, 1.165) is 27.4 Å². The van der Waals surface area contributed by atoms with Crippen LogP contribution in [-0.2, 0) is 4.79 Å². The normalized spacial score (nSPS) is 13.3. The molecular formula is C25H26N4O2. The number of hydrogen-bond donors (Lipinski definition) is 3. The predicted octanol–water partition coefficient (Wildman–Crippen LogP) is 4.35. The van der Waals surface area contributed by atoms with Crippen molar-refractivity contribution in [1.82, 2.24) is 20.6 Å². The minimum atomic E-state index is -0.667. The Morgan fingerprint density at radius 1 is 0.871 bits per heavy atom. The Hall–Kier alpha value is -3.67. The summed E-state index contributed by atoms with van der Waals surface area (Å²) in [5.41, 5.74) is 3.15. The van der Waals surface area contributed by atoms with E-state index in [4.69, 9.17) is 0 Å². The van der Waals surface area contributed by atoms with Crippen LogP contribution in [0.5, 0.6) is 0 Å². The van der Waals surface area contributed by atoms with Crippen LogP contribution < -0.4 is 10.6 Å². The highest BCUT2D eigenvalue weighted by atomic mass is 16.2. The molecule has 158 valence electrons. The van der Waals surface area contributed by atoms with Crippen LogP contribution in [0.4, 0.5) is 0 Å². The van der Waals surface area contributed by atoms with Crippen molar-refractivity contribution in [3.8, 4) is 0 Å². The molecule has 0 saturated heterocycles. The number of carbonyl (C=O) groups is 2. The third-order valence-corrected chi connectivity index (χ3v) is 5.52. The molecule has 3 N–H and O–H groups in total. The number of nitrogens with zero attached hydrogens (tertiary/aromatic N) is 1. The number of carbonyl (C=O) groups excluding carboxylic acids is 2. The van der Waals surface area contributed by atoms with Gasteiger partial charge in [0.1, 0.15) is 11.7 Å². The minimum Gasteiger partial charge on any atom is -0.353 e. The van der Waals surface area contributed by atoms with E-state index in [1.165, 1.54) is 0 Å². The summed E-state index contributed by atoms with van der Waals surface area (Å²) in [6.07, 6.45) is 1.66. The van der Waals surface area contributed by atoms with Gasteiger partial charge in [0.05, 0.1) is 17.8 Å². The highest BCUT2D eigenvalue weighted by Gasteiger charge is 2.26. The van der Waals surface area contributed by atoms with Gasteiger partial charge in [-0.3, -0.25) is 9.59 Å². The van der Waals surface area contributed by atoms with Crippen molar-refractivity contribution < 1.29 is 9.59 Å². The lowest BCUT2D eigenvalue weighted by Crippen LogP contribution is -2.50. The summed E-state index contributed by atoms with van der Waals surface area (Å²) >= 11 is 0. The Bertz CT molecular complexity index is 1230. The maximum atomic E-state index is 13.0. The van der Waals surface area contributed by atoms with Crippen LogP contribution in [0.25, 0.3) is 21.8 Å². The number of H-pyrrole nitrogens is 1. The number of nitrogens with one attached hydrogen (secondary N) is 3. The van der Waals surface area contributed by atoms with Crippen molar-refractivity contribution in [2.45, 2.75) is 32.9 Å². The first-order valence-electron chi connectivity index (χ1n) is 10.5. The van der Waals surface area contributed by atoms with Crippen molar-refractivity contribution >= 4 is 33.6 Å². The molecule has 2 atom stereocenters. The first-order chi connectivity index (χ1) is 14.9. The first kappa shape index (κ1) is 20.6. The number of pyridine rings is 1. The molecule has 2 aromatic carbocycles. The summed E-state index contributed by atoms with van der Waals surface area (Å²) in [5.74, 6) is -0.662. The number of rotatable bonds is 6. The second-order valence-electron chi connectivity index (χ2n) is 8.12. The van der Waals surface area contributed by atoms with E-state index in [-0.39, 0.29) is 29.5 Å². The average molecular weight is 415 g/mol. The van der Waals surface area contributed by atoms with E-state index in [2.05, 4.69) is 20.6 Å². The minimum absolute atomic E-state index is 0.0799. The zero-order valence-electron chi connectivity index (χ0n) is 17.8. The largest absolute Gasteiger partial charge is 0.353 e. The topological polar surface area (TPSA) is 86.9 Å². The summed E-state index contributed by atoms with van der Waals surface area (Å²) in [6, 6.07) is 18.6. The predicted molar refractivity (Wildman–Crippen MR) is 123 cm³/mol. The molecule has 31 heavy (non-hydrogen) atoms. The Morgan fingerprint density at radius 2 is 1.58 bits per heavy atom. The molecule has 0 fully saturated rings. The van der Waals surface area contributed by atoms with Crippen molar-refractivity contribution in [2.24, 2.45) is 5.92 Å². The van der Waals surface area contributed by atoms with E-state index in [1.54, 1.807) is 12.3 Å². The maximum Gasteiger partial charge on any atom is 0.270 e. The molecule has 6 heteroatoms. The molecule has 0 aliphatic heterocycles. The Labute approximate surface area is 181 Å². The van der Waals surface area contributed by atoms with Gasteiger partial charge in [-0.25, -0.2) is 4.98 Å². The summed E-state index contributed by atoms with van der Waals surface area (Å²) in [7, 11) is 0. The number of benzene rings is 2. The van der Waals surface area contributed by atoms with E-state index in [9.17, 15) is 9.59 Å². The van der Waals surface area contributed by atoms with Crippen LogP contribution >= 0.6 is 0 Å². The second kappa shape index (κ2) is 8.60.